The zero-order chi connectivity index (χ0) is 14.9. The van der Waals surface area contributed by atoms with Gasteiger partial charge in [-0.1, -0.05) is 42.5 Å². The van der Waals surface area contributed by atoms with Crippen molar-refractivity contribution in [3.63, 3.8) is 0 Å². The highest BCUT2D eigenvalue weighted by molar-refractivity contribution is 5.72. The summed E-state index contributed by atoms with van der Waals surface area (Å²) in [4.78, 5) is 16.6. The Kier molecular flexibility index (Phi) is 5.72. The van der Waals surface area contributed by atoms with E-state index in [9.17, 15) is 9.18 Å². The minimum absolute atomic E-state index is 0.275. The van der Waals surface area contributed by atoms with Gasteiger partial charge in [0.2, 0.25) is 0 Å². The lowest BCUT2D eigenvalue weighted by atomic mass is 10.1. The maximum Gasteiger partial charge on any atom is 0.338 e. The number of nitrogens with one attached hydrogen (secondary N) is 2. The Morgan fingerprint density at radius 1 is 1.05 bits per heavy atom. The summed E-state index contributed by atoms with van der Waals surface area (Å²) in [5.74, 6) is -0.275. The minimum Gasteiger partial charge on any atom is -0.336 e. The van der Waals surface area contributed by atoms with Gasteiger partial charge in [0, 0.05) is 6.54 Å². The van der Waals surface area contributed by atoms with Crippen molar-refractivity contribution >= 4 is 6.03 Å². The van der Waals surface area contributed by atoms with Crippen LogP contribution in [0.25, 0.3) is 0 Å². The highest BCUT2D eigenvalue weighted by Crippen LogP contribution is 2.03. The van der Waals surface area contributed by atoms with Crippen molar-refractivity contribution in [3.8, 4) is 0 Å². The van der Waals surface area contributed by atoms with Gasteiger partial charge >= 0.3 is 6.03 Å². The van der Waals surface area contributed by atoms with Crippen LogP contribution in [0.4, 0.5) is 9.18 Å². The van der Waals surface area contributed by atoms with Crippen molar-refractivity contribution in [3.05, 3.63) is 71.5 Å². The molecule has 0 unspecified atom stereocenters. The molecule has 0 heterocycles. The van der Waals surface area contributed by atoms with E-state index in [0.717, 1.165) is 11.1 Å². The van der Waals surface area contributed by atoms with Gasteiger partial charge in [0.05, 0.1) is 6.61 Å². The van der Waals surface area contributed by atoms with E-state index in [4.69, 9.17) is 4.84 Å². The number of hydroxylamine groups is 1. The molecule has 2 rings (SSSR count). The molecule has 0 aromatic heterocycles. The number of urea groups is 1. The Morgan fingerprint density at radius 2 is 1.81 bits per heavy atom. The van der Waals surface area contributed by atoms with Crippen molar-refractivity contribution < 1.29 is 14.0 Å². The highest BCUT2D eigenvalue weighted by atomic mass is 19.1. The topological polar surface area (TPSA) is 50.4 Å². The van der Waals surface area contributed by atoms with Crippen LogP contribution < -0.4 is 10.8 Å². The fourth-order valence-corrected chi connectivity index (χ4v) is 1.81. The molecule has 0 atom stereocenters. The molecule has 0 fully saturated rings. The number of hydrogen-bond donors (Lipinski definition) is 2. The molecule has 0 radical (unpaired) electrons. The van der Waals surface area contributed by atoms with E-state index < -0.39 is 6.03 Å². The molecule has 5 heteroatoms. The number of benzene rings is 2. The van der Waals surface area contributed by atoms with Crippen molar-refractivity contribution in [2.45, 2.75) is 13.0 Å². The Bertz CT molecular complexity index is 575. The Labute approximate surface area is 122 Å². The lowest BCUT2D eigenvalue weighted by Crippen LogP contribution is -2.36. The summed E-state index contributed by atoms with van der Waals surface area (Å²) in [6.45, 7) is 0.710. The molecule has 110 valence electrons. The first-order valence-electron chi connectivity index (χ1n) is 6.68. The van der Waals surface area contributed by atoms with Gasteiger partial charge in [-0.25, -0.2) is 14.7 Å². The van der Waals surface area contributed by atoms with Gasteiger partial charge in [-0.15, -0.1) is 0 Å². The molecule has 4 nitrogen and oxygen atoms in total. The molecule has 2 aromatic carbocycles. The van der Waals surface area contributed by atoms with Crippen LogP contribution in [0.3, 0.4) is 0 Å². The molecule has 21 heavy (non-hydrogen) atoms. The molecule has 0 saturated carbocycles. The molecule has 0 spiro atoms. The second-order valence-corrected chi connectivity index (χ2v) is 4.51. The summed E-state index contributed by atoms with van der Waals surface area (Å²) in [5.41, 5.74) is 4.11. The van der Waals surface area contributed by atoms with Gasteiger partial charge in [0.1, 0.15) is 5.82 Å². The van der Waals surface area contributed by atoms with Crippen molar-refractivity contribution in [2.24, 2.45) is 0 Å². The number of carbonyl (C=O) groups excluding carboxylic acids is 1. The lowest BCUT2D eigenvalue weighted by molar-refractivity contribution is 0.0492. The van der Waals surface area contributed by atoms with E-state index in [1.54, 1.807) is 6.07 Å². The molecular formula is C16H17FN2O2. The second kappa shape index (κ2) is 8.01. The predicted molar refractivity (Wildman–Crippen MR) is 77.9 cm³/mol. The van der Waals surface area contributed by atoms with Crippen LogP contribution in [0.5, 0.6) is 0 Å². The third-order valence-corrected chi connectivity index (χ3v) is 2.83. The highest BCUT2D eigenvalue weighted by Gasteiger charge is 2.01. The summed E-state index contributed by atoms with van der Waals surface area (Å²) in [6.07, 6.45) is 0.559. The SMILES string of the molecule is O=C(NCCc1cccc(F)c1)NOCc1ccccc1. The van der Waals surface area contributed by atoms with Gasteiger partial charge in [-0.05, 0) is 29.7 Å². The summed E-state index contributed by atoms with van der Waals surface area (Å²) >= 11 is 0. The maximum absolute atomic E-state index is 13.0. The minimum atomic E-state index is -0.415. The normalized spacial score (nSPS) is 10.1. The molecular weight excluding hydrogens is 271 g/mol. The van der Waals surface area contributed by atoms with Crippen molar-refractivity contribution in [1.29, 1.82) is 0 Å². The van der Waals surface area contributed by atoms with Crippen molar-refractivity contribution in [2.75, 3.05) is 6.54 Å². The van der Waals surface area contributed by atoms with E-state index >= 15 is 0 Å². The summed E-state index contributed by atoms with van der Waals surface area (Å²) in [5, 5.41) is 2.64. The average Bonchev–Trinajstić information content (AvgIpc) is 2.48. The van der Waals surface area contributed by atoms with Crippen molar-refractivity contribution in [1.82, 2.24) is 10.8 Å². The van der Waals surface area contributed by atoms with Gasteiger partial charge in [0.15, 0.2) is 0 Å². The van der Waals surface area contributed by atoms with E-state index in [0.29, 0.717) is 19.6 Å². The van der Waals surface area contributed by atoms with Crippen LogP contribution in [0.15, 0.2) is 54.6 Å². The summed E-state index contributed by atoms with van der Waals surface area (Å²) < 4.78 is 13.0. The molecule has 0 aliphatic rings. The van der Waals surface area contributed by atoms with Crippen LogP contribution in [0.2, 0.25) is 0 Å². The molecule has 0 aliphatic heterocycles. The standard InChI is InChI=1S/C16H17FN2O2/c17-15-8-4-7-13(11-15)9-10-18-16(20)19-21-12-14-5-2-1-3-6-14/h1-8,11H,9-10,12H2,(H2,18,19,20). The number of hydrogen-bond acceptors (Lipinski definition) is 2. The van der Waals surface area contributed by atoms with Crippen LogP contribution >= 0.6 is 0 Å². The lowest BCUT2D eigenvalue weighted by Gasteiger charge is -2.08. The molecule has 2 aromatic rings. The van der Waals surface area contributed by atoms with Gasteiger partial charge < -0.3 is 5.32 Å². The Hall–Kier alpha value is -2.40. The third-order valence-electron chi connectivity index (χ3n) is 2.83. The average molecular weight is 288 g/mol. The number of rotatable bonds is 6. The molecule has 0 aliphatic carbocycles. The Balaban J connectivity index is 1.61. The fourth-order valence-electron chi connectivity index (χ4n) is 1.81. The largest absolute Gasteiger partial charge is 0.338 e. The fraction of sp³-hybridized carbons (Fsp3) is 0.188. The van der Waals surface area contributed by atoms with Gasteiger partial charge in [0.25, 0.3) is 0 Å². The Morgan fingerprint density at radius 3 is 2.57 bits per heavy atom. The summed E-state index contributed by atoms with van der Waals surface area (Å²) in [7, 11) is 0. The van der Waals surface area contributed by atoms with Crippen LogP contribution in [-0.4, -0.2) is 12.6 Å². The van der Waals surface area contributed by atoms with Crippen LogP contribution in [0, 0.1) is 5.82 Å². The zero-order valence-corrected chi connectivity index (χ0v) is 11.5. The molecule has 0 saturated heterocycles. The number of amides is 2. The van der Waals surface area contributed by atoms with E-state index in [1.165, 1.54) is 12.1 Å². The zero-order valence-electron chi connectivity index (χ0n) is 11.5. The monoisotopic (exact) mass is 288 g/mol. The molecule has 0 bridgehead atoms. The first kappa shape index (κ1) is 15.0. The van der Waals surface area contributed by atoms with Gasteiger partial charge in [-0.3, -0.25) is 4.84 Å². The van der Waals surface area contributed by atoms with Crippen LogP contribution in [0.1, 0.15) is 11.1 Å². The van der Waals surface area contributed by atoms with Gasteiger partial charge in [-0.2, -0.15) is 0 Å². The third kappa shape index (κ3) is 5.62. The quantitative estimate of drug-likeness (QED) is 0.803. The first-order valence-corrected chi connectivity index (χ1v) is 6.68. The van der Waals surface area contributed by atoms with Crippen LogP contribution in [-0.2, 0) is 17.9 Å². The van der Waals surface area contributed by atoms with E-state index in [-0.39, 0.29) is 5.82 Å². The molecule has 2 amide bonds. The van der Waals surface area contributed by atoms with E-state index in [2.05, 4.69) is 10.8 Å². The first-order chi connectivity index (χ1) is 10.2. The second-order valence-electron chi connectivity index (χ2n) is 4.51. The maximum atomic E-state index is 13.0. The summed E-state index contributed by atoms with van der Waals surface area (Å²) in [6, 6.07) is 15.4. The van der Waals surface area contributed by atoms with E-state index in [1.807, 2.05) is 36.4 Å². The smallest absolute Gasteiger partial charge is 0.336 e. The number of halogens is 1. The molecule has 2 N–H and O–H groups in total. The number of carbonyl (C=O) groups is 1. The predicted octanol–water partition coefficient (Wildman–Crippen LogP) is 2.80.